The third-order valence-corrected chi connectivity index (χ3v) is 5.97. The molecule has 3 amide bonds. The predicted molar refractivity (Wildman–Crippen MR) is 134 cm³/mol. The van der Waals surface area contributed by atoms with Crippen LogP contribution < -0.4 is 21.3 Å². The van der Waals surface area contributed by atoms with E-state index in [9.17, 15) is 9.59 Å². The number of likely N-dealkylation sites (tertiary alicyclic amines) is 1. The first kappa shape index (κ1) is 24.1. The second-order valence-corrected chi connectivity index (χ2v) is 9.24. The van der Waals surface area contributed by atoms with Crippen molar-refractivity contribution < 1.29 is 9.59 Å². The van der Waals surface area contributed by atoms with Crippen molar-refractivity contribution in [2.24, 2.45) is 0 Å². The summed E-state index contributed by atoms with van der Waals surface area (Å²) < 4.78 is 0.750. The number of anilines is 4. The molecule has 172 valence electrons. The topological polar surface area (TPSA) is 111 Å². The van der Waals surface area contributed by atoms with Gasteiger partial charge in [-0.1, -0.05) is 24.8 Å². The Morgan fingerprint density at radius 1 is 1.19 bits per heavy atom. The van der Waals surface area contributed by atoms with E-state index in [1.54, 1.807) is 6.20 Å². The lowest BCUT2D eigenvalue weighted by atomic mass is 10.3. The van der Waals surface area contributed by atoms with Gasteiger partial charge in [0.15, 0.2) is 0 Å². The maximum absolute atomic E-state index is 12.3. The molecule has 1 aromatic heterocycles. The highest BCUT2D eigenvalue weighted by molar-refractivity contribution is 9.10. The molecule has 1 saturated heterocycles. The van der Waals surface area contributed by atoms with Gasteiger partial charge in [-0.15, -0.1) is 0 Å². The number of hydrogen-bond acceptors (Lipinski definition) is 7. The Balaban J connectivity index is 1.52. The lowest BCUT2D eigenvalue weighted by molar-refractivity contribution is 0.222. The first-order valence-electron chi connectivity index (χ1n) is 10.6. The number of hydrogen-bond donors (Lipinski definition) is 4. The number of thioether (sulfide) groups is 1. The van der Waals surface area contributed by atoms with E-state index < -0.39 is 0 Å². The Hall–Kier alpha value is -2.53. The number of benzene rings is 1. The lowest BCUT2D eigenvalue weighted by Gasteiger charge is -2.16. The smallest absolute Gasteiger partial charge is 0.321 e. The van der Waals surface area contributed by atoms with Gasteiger partial charge in [-0.3, -0.25) is 4.79 Å². The van der Waals surface area contributed by atoms with Crippen molar-refractivity contribution in [2.75, 3.05) is 47.9 Å². The Kier molecular flexibility index (Phi) is 9.42. The van der Waals surface area contributed by atoms with Gasteiger partial charge in [-0.2, -0.15) is 4.98 Å². The fourth-order valence-electron chi connectivity index (χ4n) is 3.15. The van der Waals surface area contributed by atoms with Crippen LogP contribution in [0.1, 0.15) is 26.2 Å². The minimum Gasteiger partial charge on any atom is -0.369 e. The molecule has 0 saturated carbocycles. The monoisotopic (exact) mass is 521 g/mol. The van der Waals surface area contributed by atoms with Crippen molar-refractivity contribution in [3.05, 3.63) is 34.9 Å². The number of carbonyl (C=O) groups excluding carboxylic acids is 2. The van der Waals surface area contributed by atoms with Gasteiger partial charge in [-0.05, 0) is 59.1 Å². The van der Waals surface area contributed by atoms with Crippen molar-refractivity contribution in [3.63, 3.8) is 0 Å². The Morgan fingerprint density at radius 3 is 2.75 bits per heavy atom. The molecule has 2 aromatic rings. The van der Waals surface area contributed by atoms with Crippen molar-refractivity contribution >= 4 is 62.1 Å². The minimum absolute atomic E-state index is 0.000975. The average molecular weight is 522 g/mol. The molecule has 1 aromatic carbocycles. The molecule has 0 atom stereocenters. The van der Waals surface area contributed by atoms with Crippen LogP contribution in [0.15, 0.2) is 34.9 Å². The summed E-state index contributed by atoms with van der Waals surface area (Å²) in [7, 11) is 0. The van der Waals surface area contributed by atoms with Crippen molar-refractivity contribution in [1.82, 2.24) is 20.2 Å². The van der Waals surface area contributed by atoms with Crippen LogP contribution in [0.3, 0.4) is 0 Å². The molecule has 0 radical (unpaired) electrons. The SMILES string of the molecule is CCSC(=O)NCCCNc1nc(Nc2cccc(NC(=O)N3CCCC3)c2)ncc1Br. The second-order valence-electron chi connectivity index (χ2n) is 7.15. The summed E-state index contributed by atoms with van der Waals surface area (Å²) in [6.45, 7) is 4.81. The first-order chi connectivity index (χ1) is 15.5. The Labute approximate surface area is 200 Å². The van der Waals surface area contributed by atoms with E-state index in [0.717, 1.165) is 48.3 Å². The van der Waals surface area contributed by atoms with Crippen LogP contribution in [0.2, 0.25) is 0 Å². The Morgan fingerprint density at radius 2 is 1.97 bits per heavy atom. The molecule has 1 aliphatic rings. The number of rotatable bonds is 9. The molecule has 1 aliphatic heterocycles. The van der Waals surface area contributed by atoms with E-state index in [0.29, 0.717) is 30.5 Å². The number of carbonyl (C=O) groups is 2. The molecule has 2 heterocycles. The van der Waals surface area contributed by atoms with Gasteiger partial charge in [0.1, 0.15) is 5.82 Å². The molecule has 1 fully saturated rings. The number of nitrogens with zero attached hydrogens (tertiary/aromatic N) is 3. The van der Waals surface area contributed by atoms with E-state index in [1.165, 1.54) is 11.8 Å². The summed E-state index contributed by atoms with van der Waals surface area (Å²) in [4.78, 5) is 34.4. The number of urea groups is 1. The maximum atomic E-state index is 12.3. The fourth-order valence-corrected chi connectivity index (χ4v) is 3.94. The van der Waals surface area contributed by atoms with Gasteiger partial charge in [0.05, 0.1) is 4.47 Å². The number of halogens is 1. The molecule has 9 nitrogen and oxygen atoms in total. The fraction of sp³-hybridized carbons (Fsp3) is 0.429. The Bertz CT molecular complexity index is 925. The van der Waals surface area contributed by atoms with Gasteiger partial charge in [-0.25, -0.2) is 9.78 Å². The standard InChI is InChI=1S/C21H28BrN7O2S/c1-2-32-21(31)24-10-6-9-23-18-17(22)14-25-19(28-18)26-15-7-5-8-16(13-15)27-20(30)29-11-3-4-12-29/h5,7-8,13-14H,2-4,6,9-12H2,1H3,(H,24,31)(H,27,30)(H2,23,25,26,28). The zero-order chi connectivity index (χ0) is 22.8. The molecule has 11 heteroatoms. The molecule has 32 heavy (non-hydrogen) atoms. The molecule has 0 spiro atoms. The van der Waals surface area contributed by atoms with E-state index in [-0.39, 0.29) is 11.3 Å². The highest BCUT2D eigenvalue weighted by Gasteiger charge is 2.17. The van der Waals surface area contributed by atoms with Gasteiger partial charge in [0.25, 0.3) is 5.24 Å². The summed E-state index contributed by atoms with van der Waals surface area (Å²) in [5.41, 5.74) is 1.49. The largest absolute Gasteiger partial charge is 0.369 e. The van der Waals surface area contributed by atoms with Crippen LogP contribution in [0.5, 0.6) is 0 Å². The van der Waals surface area contributed by atoms with Crippen LogP contribution in [-0.4, -0.2) is 58.1 Å². The molecule has 0 aliphatic carbocycles. The third kappa shape index (κ3) is 7.56. The normalized spacial score (nSPS) is 13.0. The predicted octanol–water partition coefficient (Wildman–Crippen LogP) is 4.88. The number of nitrogens with one attached hydrogen (secondary N) is 4. The average Bonchev–Trinajstić information content (AvgIpc) is 3.31. The molecule has 4 N–H and O–H groups in total. The van der Waals surface area contributed by atoms with Gasteiger partial charge < -0.3 is 26.2 Å². The van der Waals surface area contributed by atoms with Crippen molar-refractivity contribution in [1.29, 1.82) is 0 Å². The summed E-state index contributed by atoms with van der Waals surface area (Å²) >= 11 is 4.73. The zero-order valence-corrected chi connectivity index (χ0v) is 20.4. The van der Waals surface area contributed by atoms with E-state index >= 15 is 0 Å². The first-order valence-corrected chi connectivity index (χ1v) is 12.4. The van der Waals surface area contributed by atoms with Gasteiger partial charge >= 0.3 is 6.03 Å². The van der Waals surface area contributed by atoms with Crippen LogP contribution in [0, 0.1) is 0 Å². The molecule has 0 unspecified atom stereocenters. The van der Waals surface area contributed by atoms with Crippen molar-refractivity contribution in [3.8, 4) is 0 Å². The van der Waals surface area contributed by atoms with Gasteiger partial charge in [0, 0.05) is 43.8 Å². The quantitative estimate of drug-likeness (QED) is 0.348. The van der Waals surface area contributed by atoms with Crippen molar-refractivity contribution in [2.45, 2.75) is 26.2 Å². The molecular weight excluding hydrogens is 494 g/mol. The molecular formula is C21H28BrN7O2S. The number of aromatic nitrogens is 2. The summed E-state index contributed by atoms with van der Waals surface area (Å²) in [5, 5.41) is 12.2. The summed E-state index contributed by atoms with van der Waals surface area (Å²) in [5.74, 6) is 1.86. The molecule has 3 rings (SSSR count). The highest BCUT2D eigenvalue weighted by Crippen LogP contribution is 2.23. The highest BCUT2D eigenvalue weighted by atomic mass is 79.9. The summed E-state index contributed by atoms with van der Waals surface area (Å²) in [6.07, 6.45) is 4.56. The van der Waals surface area contributed by atoms with Crippen LogP contribution >= 0.6 is 27.7 Å². The minimum atomic E-state index is -0.0736. The van der Waals surface area contributed by atoms with E-state index in [1.807, 2.05) is 36.1 Å². The zero-order valence-electron chi connectivity index (χ0n) is 18.0. The van der Waals surface area contributed by atoms with Gasteiger partial charge in [0.2, 0.25) is 5.95 Å². The molecule has 0 bridgehead atoms. The third-order valence-electron chi connectivity index (χ3n) is 4.70. The van der Waals surface area contributed by atoms with E-state index in [4.69, 9.17) is 0 Å². The van der Waals surface area contributed by atoms with E-state index in [2.05, 4.69) is 47.2 Å². The lowest BCUT2D eigenvalue weighted by Crippen LogP contribution is -2.32. The summed E-state index contributed by atoms with van der Waals surface area (Å²) in [6, 6.07) is 7.39. The number of amides is 3. The van der Waals surface area contributed by atoms with Crippen LogP contribution in [0.25, 0.3) is 0 Å². The van der Waals surface area contributed by atoms with Crippen LogP contribution in [-0.2, 0) is 0 Å². The van der Waals surface area contributed by atoms with Crippen LogP contribution in [0.4, 0.5) is 32.7 Å². The maximum Gasteiger partial charge on any atom is 0.321 e. The second kappa shape index (κ2) is 12.5.